The van der Waals surface area contributed by atoms with Crippen LogP contribution in [-0.2, 0) is 4.74 Å². The van der Waals surface area contributed by atoms with E-state index in [-0.39, 0.29) is 5.60 Å². The second-order valence-corrected chi connectivity index (χ2v) is 4.53. The summed E-state index contributed by atoms with van der Waals surface area (Å²) in [4.78, 5) is 0. The number of ether oxygens (including phenoxy) is 1. The van der Waals surface area contributed by atoms with Crippen LogP contribution in [0.4, 0.5) is 0 Å². The smallest absolute Gasteiger partial charge is 0.0892 e. The Balaban J connectivity index is 1.92. The molecule has 2 rings (SSSR count). The highest BCUT2D eigenvalue weighted by molar-refractivity contribution is 6.24. The highest BCUT2D eigenvalue weighted by atomic mass is 35.5. The molecule has 0 unspecified atom stereocenters. The molecule has 70 valence electrons. The van der Waals surface area contributed by atoms with Crippen molar-refractivity contribution >= 4 is 11.6 Å². The van der Waals surface area contributed by atoms with Crippen molar-refractivity contribution in [3.63, 3.8) is 0 Å². The van der Waals surface area contributed by atoms with Crippen LogP contribution in [0.15, 0.2) is 0 Å². The van der Waals surface area contributed by atoms with Gasteiger partial charge in [-0.15, -0.1) is 11.6 Å². The van der Waals surface area contributed by atoms with E-state index in [4.69, 9.17) is 16.3 Å². The lowest BCUT2D eigenvalue weighted by molar-refractivity contribution is 0.00443. The van der Waals surface area contributed by atoms with Crippen molar-refractivity contribution in [2.45, 2.75) is 50.0 Å². The Labute approximate surface area is 79.4 Å². The largest absolute Gasteiger partial charge is 0.373 e. The van der Waals surface area contributed by atoms with Gasteiger partial charge in [0.25, 0.3) is 0 Å². The maximum absolute atomic E-state index is 6.23. The molecule has 2 saturated carbocycles. The average molecular weight is 189 g/mol. The summed E-state index contributed by atoms with van der Waals surface area (Å²) in [5, 5.41) is 0.326. The minimum Gasteiger partial charge on any atom is -0.373 e. The molecule has 0 aromatic heterocycles. The van der Waals surface area contributed by atoms with Crippen LogP contribution in [0.3, 0.4) is 0 Å². The molecule has 0 bridgehead atoms. The molecule has 0 aromatic rings. The maximum Gasteiger partial charge on any atom is 0.0892 e. The van der Waals surface area contributed by atoms with Gasteiger partial charge in [0.2, 0.25) is 0 Å². The highest BCUT2D eigenvalue weighted by Crippen LogP contribution is 2.59. The lowest BCUT2D eigenvalue weighted by Crippen LogP contribution is -2.22. The van der Waals surface area contributed by atoms with Gasteiger partial charge in [-0.2, -0.15) is 0 Å². The van der Waals surface area contributed by atoms with Gasteiger partial charge < -0.3 is 4.74 Å². The van der Waals surface area contributed by atoms with E-state index in [1.165, 1.54) is 25.7 Å². The minimum absolute atomic E-state index is 0.121. The molecule has 0 aromatic carbocycles. The second kappa shape index (κ2) is 3.19. The molecular formula is C10H17ClO. The Morgan fingerprint density at radius 2 is 2.33 bits per heavy atom. The van der Waals surface area contributed by atoms with Crippen LogP contribution in [0.25, 0.3) is 0 Å². The topological polar surface area (TPSA) is 9.23 Å². The first kappa shape index (κ1) is 8.83. The van der Waals surface area contributed by atoms with Gasteiger partial charge in [0.05, 0.1) is 11.0 Å². The third-order valence-electron chi connectivity index (χ3n) is 3.25. The van der Waals surface area contributed by atoms with E-state index in [2.05, 4.69) is 6.92 Å². The molecule has 2 aliphatic rings. The third-order valence-corrected chi connectivity index (χ3v) is 3.92. The van der Waals surface area contributed by atoms with Crippen LogP contribution < -0.4 is 0 Å². The first-order valence-corrected chi connectivity index (χ1v) is 5.53. The Kier molecular flexibility index (Phi) is 2.35. The zero-order valence-electron chi connectivity index (χ0n) is 7.68. The monoisotopic (exact) mass is 188 g/mol. The van der Waals surface area contributed by atoms with Crippen molar-refractivity contribution in [3.8, 4) is 0 Å². The molecule has 0 amide bonds. The third kappa shape index (κ3) is 1.18. The summed E-state index contributed by atoms with van der Waals surface area (Å²) in [7, 11) is 0. The number of hydrogen-bond acceptors (Lipinski definition) is 1. The summed E-state index contributed by atoms with van der Waals surface area (Å²) < 4.78 is 5.87. The van der Waals surface area contributed by atoms with Crippen molar-refractivity contribution in [3.05, 3.63) is 0 Å². The Morgan fingerprint density at radius 3 is 3.00 bits per heavy atom. The molecule has 0 spiro atoms. The van der Waals surface area contributed by atoms with Gasteiger partial charge in [0, 0.05) is 12.5 Å². The van der Waals surface area contributed by atoms with E-state index in [1.807, 2.05) is 0 Å². The van der Waals surface area contributed by atoms with Gasteiger partial charge in [-0.3, -0.25) is 0 Å². The second-order valence-electron chi connectivity index (χ2n) is 4.06. The summed E-state index contributed by atoms with van der Waals surface area (Å²) in [6.07, 6.45) is 6.26. The molecule has 2 fully saturated rings. The minimum atomic E-state index is 0.121. The molecule has 0 saturated heterocycles. The van der Waals surface area contributed by atoms with Crippen molar-refractivity contribution in [2.75, 3.05) is 6.61 Å². The Hall–Kier alpha value is 0.250. The quantitative estimate of drug-likeness (QED) is 0.619. The van der Waals surface area contributed by atoms with Gasteiger partial charge in [-0.1, -0.05) is 19.8 Å². The molecule has 12 heavy (non-hydrogen) atoms. The van der Waals surface area contributed by atoms with Crippen LogP contribution in [-0.4, -0.2) is 17.6 Å². The lowest BCUT2D eigenvalue weighted by atomic mass is 9.98. The molecule has 0 heterocycles. The van der Waals surface area contributed by atoms with E-state index in [9.17, 15) is 0 Å². The summed E-state index contributed by atoms with van der Waals surface area (Å²) >= 11 is 6.23. The lowest BCUT2D eigenvalue weighted by Gasteiger charge is -2.21. The summed E-state index contributed by atoms with van der Waals surface area (Å²) in [6, 6.07) is 0. The fraction of sp³-hybridized carbons (Fsp3) is 1.00. The Bertz CT molecular complexity index is 171. The van der Waals surface area contributed by atoms with Crippen molar-refractivity contribution in [1.29, 1.82) is 0 Å². The zero-order valence-corrected chi connectivity index (χ0v) is 8.44. The molecule has 2 heteroatoms. The molecule has 3 atom stereocenters. The summed E-state index contributed by atoms with van der Waals surface area (Å²) in [5.74, 6) is 0.680. The van der Waals surface area contributed by atoms with Gasteiger partial charge in [-0.05, 0) is 19.3 Å². The zero-order chi connectivity index (χ0) is 8.60. The van der Waals surface area contributed by atoms with Gasteiger partial charge in [-0.25, -0.2) is 0 Å². The number of alkyl halides is 1. The van der Waals surface area contributed by atoms with E-state index >= 15 is 0 Å². The van der Waals surface area contributed by atoms with Gasteiger partial charge in [0.15, 0.2) is 0 Å². The van der Waals surface area contributed by atoms with Gasteiger partial charge in [0.1, 0.15) is 0 Å². The molecule has 0 N–H and O–H groups in total. The summed E-state index contributed by atoms with van der Waals surface area (Å²) in [6.45, 7) is 3.04. The van der Waals surface area contributed by atoms with Crippen LogP contribution in [0.5, 0.6) is 0 Å². The standard InChI is InChI=1S/C10H17ClO/c1-2-7-12-10-6-4-3-5-8(10)9(10)11/h8-9H,2-7H2,1H3/t8-,9-,10-/m1/s1. The van der Waals surface area contributed by atoms with Crippen molar-refractivity contribution in [1.82, 2.24) is 0 Å². The van der Waals surface area contributed by atoms with E-state index in [1.54, 1.807) is 0 Å². The predicted octanol–water partition coefficient (Wildman–Crippen LogP) is 2.96. The molecule has 2 aliphatic carbocycles. The number of fused-ring (bicyclic) bond motifs is 1. The Morgan fingerprint density at radius 1 is 1.50 bits per heavy atom. The normalized spacial score (nSPS) is 45.5. The van der Waals surface area contributed by atoms with Crippen molar-refractivity contribution < 1.29 is 4.74 Å². The van der Waals surface area contributed by atoms with Crippen LogP contribution >= 0.6 is 11.6 Å². The molecule has 1 nitrogen and oxygen atoms in total. The fourth-order valence-corrected chi connectivity index (χ4v) is 3.07. The molecular weight excluding hydrogens is 172 g/mol. The number of rotatable bonds is 3. The van der Waals surface area contributed by atoms with Crippen LogP contribution in [0.2, 0.25) is 0 Å². The van der Waals surface area contributed by atoms with Gasteiger partial charge >= 0.3 is 0 Å². The maximum atomic E-state index is 6.23. The van der Waals surface area contributed by atoms with Crippen molar-refractivity contribution in [2.24, 2.45) is 5.92 Å². The molecule has 0 radical (unpaired) electrons. The predicted molar refractivity (Wildman–Crippen MR) is 50.6 cm³/mol. The summed E-state index contributed by atoms with van der Waals surface area (Å²) in [5.41, 5.74) is 0.121. The van der Waals surface area contributed by atoms with E-state index < -0.39 is 0 Å². The van der Waals surface area contributed by atoms with Crippen LogP contribution in [0, 0.1) is 5.92 Å². The van der Waals surface area contributed by atoms with Crippen LogP contribution in [0.1, 0.15) is 39.0 Å². The fourth-order valence-electron chi connectivity index (χ4n) is 2.47. The number of hydrogen-bond donors (Lipinski definition) is 0. The SMILES string of the molecule is CCCO[C@]12CCCC[C@@H]1[C@H]2Cl. The highest BCUT2D eigenvalue weighted by Gasteiger charge is 2.65. The first-order valence-electron chi connectivity index (χ1n) is 5.09. The van der Waals surface area contributed by atoms with E-state index in [0.29, 0.717) is 11.3 Å². The first-order chi connectivity index (χ1) is 5.81. The molecule has 0 aliphatic heterocycles. The number of halogens is 1. The van der Waals surface area contributed by atoms with E-state index in [0.717, 1.165) is 13.0 Å². The average Bonchev–Trinajstić information content (AvgIpc) is 2.71.